The molecule has 0 atom stereocenters. The Kier molecular flexibility index (Phi) is 3.93. The van der Waals surface area contributed by atoms with Crippen LogP contribution >= 0.6 is 0 Å². The molecule has 0 aliphatic rings. The van der Waals surface area contributed by atoms with Gasteiger partial charge < -0.3 is 9.15 Å². The fourth-order valence-corrected chi connectivity index (χ4v) is 3.17. The van der Waals surface area contributed by atoms with E-state index < -0.39 is 15.8 Å². The van der Waals surface area contributed by atoms with Crippen LogP contribution in [0.15, 0.2) is 56.6 Å². The van der Waals surface area contributed by atoms with Gasteiger partial charge >= 0.3 is 5.76 Å². The number of nitrogens with one attached hydrogen (secondary N) is 2. The van der Waals surface area contributed by atoms with Crippen molar-refractivity contribution in [2.24, 2.45) is 0 Å². The van der Waals surface area contributed by atoms with Crippen molar-refractivity contribution >= 4 is 21.1 Å². The first-order chi connectivity index (χ1) is 11.0. The lowest BCUT2D eigenvalue weighted by atomic mass is 10.2. The lowest BCUT2D eigenvalue weighted by Crippen LogP contribution is -2.23. The number of aromatic nitrogens is 1. The van der Waals surface area contributed by atoms with Crippen molar-refractivity contribution in [3.8, 4) is 5.75 Å². The maximum Gasteiger partial charge on any atom is 0.417 e. The third-order valence-corrected chi connectivity index (χ3v) is 4.70. The minimum Gasteiger partial charge on any atom is -0.497 e. The quantitative estimate of drug-likeness (QED) is 0.738. The van der Waals surface area contributed by atoms with E-state index in [-0.39, 0.29) is 17.0 Å². The van der Waals surface area contributed by atoms with Crippen LogP contribution in [-0.4, -0.2) is 20.5 Å². The number of H-pyrrole nitrogens is 1. The molecule has 3 aromatic rings. The molecule has 1 heterocycles. The highest BCUT2D eigenvalue weighted by atomic mass is 32.2. The summed E-state index contributed by atoms with van der Waals surface area (Å²) in [5.74, 6) is 0.0242. The van der Waals surface area contributed by atoms with Gasteiger partial charge in [-0.1, -0.05) is 12.1 Å². The third kappa shape index (κ3) is 3.27. The standard InChI is InChI=1S/C15H14N2O5S/c1-21-11-4-2-3-10(7-11)9-16-23(19,20)12-5-6-13-14(8-12)22-15(18)17-13/h2-8,16H,9H2,1H3,(H,17,18). The van der Waals surface area contributed by atoms with Crippen molar-refractivity contribution in [3.63, 3.8) is 0 Å². The molecule has 0 saturated heterocycles. The number of aromatic amines is 1. The summed E-state index contributed by atoms with van der Waals surface area (Å²) in [7, 11) is -2.18. The summed E-state index contributed by atoms with van der Waals surface area (Å²) in [4.78, 5) is 13.6. The molecule has 0 aliphatic heterocycles. The molecule has 3 rings (SSSR count). The van der Waals surface area contributed by atoms with Crippen LogP contribution in [0.1, 0.15) is 5.56 Å². The lowest BCUT2D eigenvalue weighted by Gasteiger charge is -2.08. The monoisotopic (exact) mass is 334 g/mol. The van der Waals surface area contributed by atoms with Gasteiger partial charge in [0.1, 0.15) is 5.75 Å². The molecular weight excluding hydrogens is 320 g/mol. The summed E-state index contributed by atoms with van der Waals surface area (Å²) in [6.45, 7) is 0.120. The van der Waals surface area contributed by atoms with Crippen LogP contribution < -0.4 is 15.2 Å². The van der Waals surface area contributed by atoms with Crippen LogP contribution in [0.5, 0.6) is 5.75 Å². The molecule has 0 saturated carbocycles. The normalized spacial score (nSPS) is 11.7. The molecule has 0 radical (unpaired) electrons. The maximum absolute atomic E-state index is 12.3. The second kappa shape index (κ2) is 5.90. The topological polar surface area (TPSA) is 101 Å². The number of hydrogen-bond donors (Lipinski definition) is 2. The molecule has 2 N–H and O–H groups in total. The van der Waals surface area contributed by atoms with E-state index >= 15 is 0 Å². The molecule has 0 fully saturated rings. The molecule has 1 aromatic heterocycles. The highest BCUT2D eigenvalue weighted by Crippen LogP contribution is 2.17. The van der Waals surface area contributed by atoms with E-state index in [0.717, 1.165) is 5.56 Å². The van der Waals surface area contributed by atoms with Gasteiger partial charge in [-0.05, 0) is 29.8 Å². The van der Waals surface area contributed by atoms with E-state index in [1.165, 1.54) is 18.2 Å². The van der Waals surface area contributed by atoms with Gasteiger partial charge in [-0.3, -0.25) is 4.98 Å². The molecule has 0 aliphatic carbocycles. The summed E-state index contributed by atoms with van der Waals surface area (Å²) >= 11 is 0. The Labute approximate surface area is 131 Å². The highest BCUT2D eigenvalue weighted by molar-refractivity contribution is 7.89. The first kappa shape index (κ1) is 15.3. The first-order valence-electron chi connectivity index (χ1n) is 6.73. The fourth-order valence-electron chi connectivity index (χ4n) is 2.14. The van der Waals surface area contributed by atoms with E-state index in [1.807, 2.05) is 0 Å². The first-order valence-corrected chi connectivity index (χ1v) is 8.22. The zero-order valence-electron chi connectivity index (χ0n) is 12.2. The van der Waals surface area contributed by atoms with Crippen LogP contribution in [0, 0.1) is 0 Å². The van der Waals surface area contributed by atoms with Gasteiger partial charge in [0.2, 0.25) is 10.0 Å². The molecule has 7 nitrogen and oxygen atoms in total. The van der Waals surface area contributed by atoms with Gasteiger partial charge in [0.25, 0.3) is 0 Å². The Morgan fingerprint density at radius 1 is 1.22 bits per heavy atom. The summed E-state index contributed by atoms with van der Waals surface area (Å²) in [5.41, 5.74) is 1.41. The molecule has 23 heavy (non-hydrogen) atoms. The van der Waals surface area contributed by atoms with Gasteiger partial charge in [0.15, 0.2) is 5.58 Å². The van der Waals surface area contributed by atoms with Crippen LogP contribution in [0.2, 0.25) is 0 Å². The summed E-state index contributed by atoms with van der Waals surface area (Å²) in [5, 5.41) is 0. The van der Waals surface area contributed by atoms with Crippen molar-refractivity contribution in [1.82, 2.24) is 9.71 Å². The molecule has 0 bridgehead atoms. The van der Waals surface area contributed by atoms with Gasteiger partial charge in [-0.2, -0.15) is 0 Å². The predicted molar refractivity (Wildman–Crippen MR) is 83.9 cm³/mol. The highest BCUT2D eigenvalue weighted by Gasteiger charge is 2.15. The number of sulfonamides is 1. The summed E-state index contributed by atoms with van der Waals surface area (Å²) in [6.07, 6.45) is 0. The molecule has 0 spiro atoms. The second-order valence-electron chi connectivity index (χ2n) is 4.85. The summed E-state index contributed by atoms with van der Waals surface area (Å²) in [6, 6.07) is 11.3. The van der Waals surface area contributed by atoms with E-state index in [0.29, 0.717) is 11.3 Å². The van der Waals surface area contributed by atoms with Gasteiger partial charge in [-0.25, -0.2) is 17.9 Å². The molecule has 120 valence electrons. The predicted octanol–water partition coefficient (Wildman–Crippen LogP) is 1.61. The molecular formula is C15H14N2O5S. The smallest absolute Gasteiger partial charge is 0.417 e. The third-order valence-electron chi connectivity index (χ3n) is 3.30. The molecule has 0 unspecified atom stereocenters. The minimum atomic E-state index is -3.73. The van der Waals surface area contributed by atoms with Crippen molar-refractivity contribution < 1.29 is 17.6 Å². The number of methoxy groups -OCH3 is 1. The Bertz CT molecular complexity index is 1000. The van der Waals surface area contributed by atoms with Crippen LogP contribution in [0.3, 0.4) is 0 Å². The zero-order chi connectivity index (χ0) is 16.4. The Hall–Kier alpha value is -2.58. The average Bonchev–Trinajstić information content (AvgIpc) is 2.92. The van der Waals surface area contributed by atoms with E-state index in [2.05, 4.69) is 9.71 Å². The van der Waals surface area contributed by atoms with Crippen molar-refractivity contribution in [2.45, 2.75) is 11.4 Å². The average molecular weight is 334 g/mol. The Morgan fingerprint density at radius 2 is 2.04 bits per heavy atom. The number of rotatable bonds is 5. The number of hydrogen-bond acceptors (Lipinski definition) is 5. The molecule has 0 amide bonds. The number of ether oxygens (including phenoxy) is 1. The largest absolute Gasteiger partial charge is 0.497 e. The van der Waals surface area contributed by atoms with Crippen molar-refractivity contribution in [1.29, 1.82) is 0 Å². The van der Waals surface area contributed by atoms with Crippen molar-refractivity contribution in [2.75, 3.05) is 7.11 Å². The molecule has 8 heteroatoms. The van der Waals surface area contributed by atoms with E-state index in [1.54, 1.807) is 31.4 Å². The zero-order valence-corrected chi connectivity index (χ0v) is 13.0. The van der Waals surface area contributed by atoms with Crippen LogP contribution in [0.25, 0.3) is 11.1 Å². The Morgan fingerprint density at radius 3 is 2.83 bits per heavy atom. The Balaban J connectivity index is 1.83. The summed E-state index contributed by atoms with van der Waals surface area (Å²) < 4.78 is 37.2. The van der Waals surface area contributed by atoms with Crippen molar-refractivity contribution in [3.05, 3.63) is 58.6 Å². The lowest BCUT2D eigenvalue weighted by molar-refractivity contribution is 0.414. The number of benzene rings is 2. The van der Waals surface area contributed by atoms with Gasteiger partial charge in [0, 0.05) is 12.6 Å². The van der Waals surface area contributed by atoms with Gasteiger partial charge in [-0.15, -0.1) is 0 Å². The SMILES string of the molecule is COc1cccc(CNS(=O)(=O)c2ccc3[nH]c(=O)oc3c2)c1. The minimum absolute atomic E-state index is 0.0237. The second-order valence-corrected chi connectivity index (χ2v) is 6.62. The van der Waals surface area contributed by atoms with E-state index in [9.17, 15) is 13.2 Å². The van der Waals surface area contributed by atoms with Gasteiger partial charge in [0.05, 0.1) is 17.5 Å². The van der Waals surface area contributed by atoms with Crippen LogP contribution in [-0.2, 0) is 16.6 Å². The van der Waals surface area contributed by atoms with Crippen LogP contribution in [0.4, 0.5) is 0 Å². The van der Waals surface area contributed by atoms with E-state index in [4.69, 9.17) is 9.15 Å². The number of fused-ring (bicyclic) bond motifs is 1. The number of oxazole rings is 1. The maximum atomic E-state index is 12.3. The molecule has 2 aromatic carbocycles. The fraction of sp³-hybridized carbons (Fsp3) is 0.133.